The lowest BCUT2D eigenvalue weighted by Crippen LogP contribution is -2.29. The van der Waals surface area contributed by atoms with Gasteiger partial charge in [0.1, 0.15) is 0 Å². The maximum atomic E-state index is 5.69. The van der Waals surface area contributed by atoms with Gasteiger partial charge in [0.2, 0.25) is 0 Å². The molecule has 3 heteroatoms. The largest absolute Gasteiger partial charge is 0.377 e. The zero-order chi connectivity index (χ0) is 14.4. The summed E-state index contributed by atoms with van der Waals surface area (Å²) in [5.74, 6) is 0. The van der Waals surface area contributed by atoms with Gasteiger partial charge < -0.3 is 10.1 Å². The molecule has 0 aliphatic carbocycles. The van der Waals surface area contributed by atoms with Crippen LogP contribution in [-0.2, 0) is 17.8 Å². The summed E-state index contributed by atoms with van der Waals surface area (Å²) < 4.78 is 5.69. The van der Waals surface area contributed by atoms with E-state index in [-0.39, 0.29) is 0 Å². The molecule has 0 radical (unpaired) electrons. The number of ether oxygens (including phenoxy) is 1. The van der Waals surface area contributed by atoms with Crippen molar-refractivity contribution < 1.29 is 4.74 Å². The fourth-order valence-electron chi connectivity index (χ4n) is 2.57. The molecule has 1 unspecified atom stereocenters. The van der Waals surface area contributed by atoms with Crippen LogP contribution in [-0.4, -0.2) is 36.7 Å². The van der Waals surface area contributed by atoms with Crippen molar-refractivity contribution in [2.45, 2.75) is 52.4 Å². The van der Waals surface area contributed by atoms with E-state index in [4.69, 9.17) is 4.74 Å². The number of nitrogens with zero attached hydrogens (tertiary/aromatic N) is 1. The SMILES string of the molecule is CC(C)NCc1ccc(CN2CCCOC(C)C2)cc1. The van der Waals surface area contributed by atoms with Crippen LogP contribution in [0.25, 0.3) is 0 Å². The highest BCUT2D eigenvalue weighted by Crippen LogP contribution is 2.12. The molecule has 0 aromatic heterocycles. The van der Waals surface area contributed by atoms with E-state index in [2.05, 4.69) is 55.3 Å². The average molecular weight is 276 g/mol. The normalized spacial score (nSPS) is 21.1. The van der Waals surface area contributed by atoms with E-state index in [1.54, 1.807) is 0 Å². The molecule has 1 N–H and O–H groups in total. The molecular formula is C17H28N2O. The van der Waals surface area contributed by atoms with Gasteiger partial charge in [-0.05, 0) is 24.5 Å². The minimum Gasteiger partial charge on any atom is -0.377 e. The summed E-state index contributed by atoms with van der Waals surface area (Å²) in [6.07, 6.45) is 1.49. The van der Waals surface area contributed by atoms with Crippen molar-refractivity contribution in [2.24, 2.45) is 0 Å². The van der Waals surface area contributed by atoms with Gasteiger partial charge in [-0.3, -0.25) is 4.90 Å². The zero-order valence-electron chi connectivity index (χ0n) is 13.1. The van der Waals surface area contributed by atoms with E-state index in [0.29, 0.717) is 12.1 Å². The Kier molecular flexibility index (Phi) is 6.02. The number of hydrogen-bond donors (Lipinski definition) is 1. The quantitative estimate of drug-likeness (QED) is 0.895. The third-order valence-electron chi connectivity index (χ3n) is 3.68. The highest BCUT2D eigenvalue weighted by molar-refractivity contribution is 5.22. The maximum absolute atomic E-state index is 5.69. The first kappa shape index (κ1) is 15.5. The van der Waals surface area contributed by atoms with Crippen LogP contribution in [0.1, 0.15) is 38.3 Å². The van der Waals surface area contributed by atoms with E-state index in [0.717, 1.165) is 39.2 Å². The van der Waals surface area contributed by atoms with Crippen LogP contribution in [0.15, 0.2) is 24.3 Å². The first-order chi connectivity index (χ1) is 9.63. The highest BCUT2D eigenvalue weighted by atomic mass is 16.5. The average Bonchev–Trinajstić information content (AvgIpc) is 2.62. The number of benzene rings is 1. The van der Waals surface area contributed by atoms with Gasteiger partial charge in [-0.1, -0.05) is 38.1 Å². The van der Waals surface area contributed by atoms with Crippen LogP contribution in [0.2, 0.25) is 0 Å². The first-order valence-electron chi connectivity index (χ1n) is 7.78. The molecule has 1 aromatic carbocycles. The molecule has 1 fully saturated rings. The van der Waals surface area contributed by atoms with Crippen LogP contribution in [0.5, 0.6) is 0 Å². The monoisotopic (exact) mass is 276 g/mol. The van der Waals surface area contributed by atoms with Gasteiger partial charge in [-0.2, -0.15) is 0 Å². The summed E-state index contributed by atoms with van der Waals surface area (Å²) in [7, 11) is 0. The van der Waals surface area contributed by atoms with Crippen molar-refractivity contribution in [1.82, 2.24) is 10.2 Å². The second-order valence-electron chi connectivity index (χ2n) is 6.12. The van der Waals surface area contributed by atoms with Crippen molar-refractivity contribution in [3.8, 4) is 0 Å². The Morgan fingerprint density at radius 1 is 1.25 bits per heavy atom. The molecule has 3 nitrogen and oxygen atoms in total. The zero-order valence-corrected chi connectivity index (χ0v) is 13.1. The van der Waals surface area contributed by atoms with Crippen molar-refractivity contribution in [3.05, 3.63) is 35.4 Å². The Bertz CT molecular complexity index is 388. The summed E-state index contributed by atoms with van der Waals surface area (Å²) in [6.45, 7) is 11.6. The molecule has 20 heavy (non-hydrogen) atoms. The lowest BCUT2D eigenvalue weighted by Gasteiger charge is -2.21. The second-order valence-corrected chi connectivity index (χ2v) is 6.12. The summed E-state index contributed by atoms with van der Waals surface area (Å²) in [5.41, 5.74) is 2.75. The summed E-state index contributed by atoms with van der Waals surface area (Å²) in [6, 6.07) is 9.53. The van der Waals surface area contributed by atoms with Gasteiger partial charge in [0.05, 0.1) is 6.10 Å². The third kappa shape index (κ3) is 5.23. The lowest BCUT2D eigenvalue weighted by atomic mass is 10.1. The molecule has 0 saturated carbocycles. The molecule has 1 aliphatic heterocycles. The molecule has 0 amide bonds. The Morgan fingerprint density at radius 2 is 1.95 bits per heavy atom. The molecule has 1 saturated heterocycles. The molecule has 112 valence electrons. The Morgan fingerprint density at radius 3 is 2.65 bits per heavy atom. The molecular weight excluding hydrogens is 248 g/mol. The fourth-order valence-corrected chi connectivity index (χ4v) is 2.57. The molecule has 2 rings (SSSR count). The molecule has 1 atom stereocenters. The standard InChI is InChI=1S/C17H28N2O/c1-14(2)18-11-16-5-7-17(8-6-16)13-19-9-4-10-20-15(3)12-19/h5-8,14-15,18H,4,9-13H2,1-3H3. The van der Waals surface area contributed by atoms with Gasteiger partial charge in [-0.15, -0.1) is 0 Å². The van der Waals surface area contributed by atoms with Crippen LogP contribution in [0.3, 0.4) is 0 Å². The smallest absolute Gasteiger partial charge is 0.0674 e. The van der Waals surface area contributed by atoms with Crippen LogP contribution >= 0.6 is 0 Å². The summed E-state index contributed by atoms with van der Waals surface area (Å²) in [4.78, 5) is 2.50. The third-order valence-corrected chi connectivity index (χ3v) is 3.68. The Balaban J connectivity index is 1.86. The van der Waals surface area contributed by atoms with Crippen molar-refractivity contribution in [1.29, 1.82) is 0 Å². The minimum atomic E-state index is 0.354. The van der Waals surface area contributed by atoms with Gasteiger partial charge in [0.15, 0.2) is 0 Å². The summed E-state index contributed by atoms with van der Waals surface area (Å²) in [5, 5.41) is 3.45. The number of nitrogens with one attached hydrogen (secondary N) is 1. The molecule has 0 bridgehead atoms. The fraction of sp³-hybridized carbons (Fsp3) is 0.647. The molecule has 1 aromatic rings. The van der Waals surface area contributed by atoms with Crippen molar-refractivity contribution in [2.75, 3.05) is 19.7 Å². The molecule has 1 heterocycles. The Labute approximate surface area is 123 Å². The van der Waals surface area contributed by atoms with Crippen molar-refractivity contribution >= 4 is 0 Å². The van der Waals surface area contributed by atoms with E-state index in [1.807, 2.05) is 0 Å². The van der Waals surface area contributed by atoms with Crippen LogP contribution in [0, 0.1) is 0 Å². The van der Waals surface area contributed by atoms with Crippen molar-refractivity contribution in [3.63, 3.8) is 0 Å². The van der Waals surface area contributed by atoms with Crippen LogP contribution < -0.4 is 5.32 Å². The number of hydrogen-bond acceptors (Lipinski definition) is 3. The van der Waals surface area contributed by atoms with Gasteiger partial charge in [-0.25, -0.2) is 0 Å². The van der Waals surface area contributed by atoms with Gasteiger partial charge in [0.25, 0.3) is 0 Å². The molecule has 1 aliphatic rings. The van der Waals surface area contributed by atoms with Gasteiger partial charge >= 0.3 is 0 Å². The summed E-state index contributed by atoms with van der Waals surface area (Å²) >= 11 is 0. The first-order valence-corrected chi connectivity index (χ1v) is 7.78. The minimum absolute atomic E-state index is 0.354. The van der Waals surface area contributed by atoms with E-state index in [1.165, 1.54) is 11.1 Å². The van der Waals surface area contributed by atoms with E-state index >= 15 is 0 Å². The number of rotatable bonds is 5. The predicted octanol–water partition coefficient (Wildman–Crippen LogP) is 2.80. The van der Waals surface area contributed by atoms with Crippen LogP contribution in [0.4, 0.5) is 0 Å². The van der Waals surface area contributed by atoms with E-state index < -0.39 is 0 Å². The maximum Gasteiger partial charge on any atom is 0.0674 e. The van der Waals surface area contributed by atoms with Gasteiger partial charge in [0, 0.05) is 38.8 Å². The molecule has 0 spiro atoms. The van der Waals surface area contributed by atoms with E-state index in [9.17, 15) is 0 Å². The highest BCUT2D eigenvalue weighted by Gasteiger charge is 2.14. The predicted molar refractivity (Wildman–Crippen MR) is 83.7 cm³/mol. The Hall–Kier alpha value is -0.900. The topological polar surface area (TPSA) is 24.5 Å². The lowest BCUT2D eigenvalue weighted by molar-refractivity contribution is 0.0668. The second kappa shape index (κ2) is 7.77.